The molecule has 0 spiro atoms. The molecular weight excluding hydrogens is 260 g/mol. The van der Waals surface area contributed by atoms with Crippen LogP contribution >= 0.6 is 0 Å². The molecule has 0 aliphatic heterocycles. The molecule has 1 saturated carbocycles. The number of aryl methyl sites for hydroxylation is 1. The fourth-order valence-electron chi connectivity index (χ4n) is 3.04. The van der Waals surface area contributed by atoms with Crippen LogP contribution in [0.3, 0.4) is 0 Å². The van der Waals surface area contributed by atoms with E-state index in [9.17, 15) is 0 Å². The van der Waals surface area contributed by atoms with Crippen molar-refractivity contribution in [3.8, 4) is 0 Å². The van der Waals surface area contributed by atoms with Gasteiger partial charge in [-0.2, -0.15) is 0 Å². The second-order valence-corrected chi connectivity index (χ2v) is 6.36. The highest BCUT2D eigenvalue weighted by Gasteiger charge is 2.20. The van der Waals surface area contributed by atoms with Gasteiger partial charge in [-0.15, -0.1) is 0 Å². The second kappa shape index (κ2) is 7.62. The van der Waals surface area contributed by atoms with Gasteiger partial charge in [-0.25, -0.2) is 9.97 Å². The van der Waals surface area contributed by atoms with Crippen LogP contribution in [0.4, 0.5) is 11.6 Å². The zero-order valence-corrected chi connectivity index (χ0v) is 14.0. The Morgan fingerprint density at radius 1 is 1.14 bits per heavy atom. The van der Waals surface area contributed by atoms with E-state index in [2.05, 4.69) is 43.3 Å². The van der Waals surface area contributed by atoms with Crippen molar-refractivity contribution in [2.45, 2.75) is 72.3 Å². The van der Waals surface area contributed by atoms with Gasteiger partial charge in [0.1, 0.15) is 17.5 Å². The Morgan fingerprint density at radius 2 is 1.90 bits per heavy atom. The van der Waals surface area contributed by atoms with Crippen LogP contribution in [0.25, 0.3) is 0 Å². The van der Waals surface area contributed by atoms with Crippen LogP contribution < -0.4 is 10.6 Å². The van der Waals surface area contributed by atoms with Gasteiger partial charge in [-0.05, 0) is 32.1 Å². The minimum atomic E-state index is 0.561. The second-order valence-electron chi connectivity index (χ2n) is 6.36. The fraction of sp³-hybridized carbons (Fsp3) is 0.765. The molecule has 1 fully saturated rings. The molecule has 1 aliphatic rings. The number of rotatable bonds is 6. The molecular formula is C17H30N4. The van der Waals surface area contributed by atoms with Crippen molar-refractivity contribution in [3.05, 3.63) is 11.4 Å². The van der Waals surface area contributed by atoms with Gasteiger partial charge in [-0.3, -0.25) is 0 Å². The lowest BCUT2D eigenvalue weighted by Gasteiger charge is -2.28. The molecule has 0 radical (unpaired) electrons. The summed E-state index contributed by atoms with van der Waals surface area (Å²) in [5, 5.41) is 7.11. The highest BCUT2D eigenvalue weighted by atomic mass is 15.1. The molecule has 118 valence electrons. The van der Waals surface area contributed by atoms with E-state index >= 15 is 0 Å². The number of hydrogen-bond acceptors (Lipinski definition) is 4. The van der Waals surface area contributed by atoms with Crippen LogP contribution in [0.15, 0.2) is 0 Å². The minimum Gasteiger partial charge on any atom is -0.370 e. The first kappa shape index (κ1) is 16.1. The quantitative estimate of drug-likeness (QED) is 0.826. The molecule has 2 atom stereocenters. The minimum absolute atomic E-state index is 0.561. The molecule has 4 nitrogen and oxygen atoms in total. The lowest BCUT2D eigenvalue weighted by Crippen LogP contribution is -2.27. The van der Waals surface area contributed by atoms with Crippen LogP contribution in [0.1, 0.15) is 64.3 Å². The van der Waals surface area contributed by atoms with Crippen LogP contribution in [-0.2, 0) is 6.42 Å². The van der Waals surface area contributed by atoms with Crippen molar-refractivity contribution in [2.24, 2.45) is 5.92 Å². The summed E-state index contributed by atoms with van der Waals surface area (Å²) in [5.74, 6) is 3.77. The van der Waals surface area contributed by atoms with E-state index in [4.69, 9.17) is 4.98 Å². The van der Waals surface area contributed by atoms with Gasteiger partial charge in [0.05, 0.1) is 0 Å². The van der Waals surface area contributed by atoms with Crippen molar-refractivity contribution >= 4 is 11.6 Å². The molecule has 1 heterocycles. The summed E-state index contributed by atoms with van der Waals surface area (Å²) in [4.78, 5) is 9.35. The highest BCUT2D eigenvalue weighted by Crippen LogP contribution is 2.28. The molecule has 0 bridgehead atoms. The summed E-state index contributed by atoms with van der Waals surface area (Å²) in [6, 6.07) is 0.561. The van der Waals surface area contributed by atoms with E-state index < -0.39 is 0 Å². The summed E-state index contributed by atoms with van der Waals surface area (Å²) in [5.41, 5.74) is 1.15. The van der Waals surface area contributed by atoms with E-state index in [0.29, 0.717) is 6.04 Å². The van der Waals surface area contributed by atoms with Crippen LogP contribution in [-0.4, -0.2) is 22.6 Å². The molecule has 0 amide bonds. The highest BCUT2D eigenvalue weighted by molar-refractivity contribution is 5.57. The molecule has 4 heteroatoms. The summed E-state index contributed by atoms with van der Waals surface area (Å²) in [6.07, 6.45) is 7.18. The van der Waals surface area contributed by atoms with Gasteiger partial charge in [0, 0.05) is 24.6 Å². The summed E-state index contributed by atoms with van der Waals surface area (Å²) in [7, 11) is 0. The fourth-order valence-corrected chi connectivity index (χ4v) is 3.04. The first-order valence-electron chi connectivity index (χ1n) is 8.51. The molecule has 1 aliphatic carbocycles. The Bertz CT molecular complexity index is 458. The van der Waals surface area contributed by atoms with Gasteiger partial charge < -0.3 is 10.6 Å². The zero-order chi connectivity index (χ0) is 15.2. The standard InChI is InChI=1S/C17H30N4/c1-5-10-18-16-13(4)17(21-15(6-2)20-16)19-14-9-7-8-12(3)11-14/h12,14H,5-11H2,1-4H3,(H2,18,19,20,21). The van der Waals surface area contributed by atoms with E-state index in [1.54, 1.807) is 0 Å². The van der Waals surface area contributed by atoms with Crippen molar-refractivity contribution in [2.75, 3.05) is 17.2 Å². The zero-order valence-electron chi connectivity index (χ0n) is 14.0. The monoisotopic (exact) mass is 290 g/mol. The number of anilines is 2. The normalized spacial score (nSPS) is 22.1. The first-order valence-corrected chi connectivity index (χ1v) is 8.51. The molecule has 1 aromatic heterocycles. The average Bonchev–Trinajstić information content (AvgIpc) is 2.48. The maximum atomic E-state index is 4.72. The van der Waals surface area contributed by atoms with Crippen molar-refractivity contribution in [1.82, 2.24) is 9.97 Å². The van der Waals surface area contributed by atoms with E-state index in [0.717, 1.165) is 48.3 Å². The summed E-state index contributed by atoms with van der Waals surface area (Å²) < 4.78 is 0. The first-order chi connectivity index (χ1) is 10.1. The van der Waals surface area contributed by atoms with Gasteiger partial charge in [-0.1, -0.05) is 33.6 Å². The largest absolute Gasteiger partial charge is 0.370 e. The third-order valence-corrected chi connectivity index (χ3v) is 4.33. The predicted octanol–water partition coefficient (Wildman–Crippen LogP) is 4.16. The van der Waals surface area contributed by atoms with Crippen molar-refractivity contribution in [3.63, 3.8) is 0 Å². The van der Waals surface area contributed by atoms with Crippen molar-refractivity contribution in [1.29, 1.82) is 0 Å². The Morgan fingerprint density at radius 3 is 2.57 bits per heavy atom. The average molecular weight is 290 g/mol. The van der Waals surface area contributed by atoms with Crippen molar-refractivity contribution < 1.29 is 0 Å². The molecule has 1 aromatic rings. The van der Waals surface area contributed by atoms with Gasteiger partial charge in [0.2, 0.25) is 0 Å². The van der Waals surface area contributed by atoms with E-state index in [1.165, 1.54) is 25.7 Å². The SMILES string of the molecule is CCCNc1nc(CC)nc(NC2CCCC(C)C2)c1C. The summed E-state index contributed by atoms with van der Waals surface area (Å²) in [6.45, 7) is 9.72. The topological polar surface area (TPSA) is 49.8 Å². The third kappa shape index (κ3) is 4.32. The number of nitrogens with one attached hydrogen (secondary N) is 2. The van der Waals surface area contributed by atoms with Crippen LogP contribution in [0.5, 0.6) is 0 Å². The Balaban J connectivity index is 2.16. The van der Waals surface area contributed by atoms with Crippen LogP contribution in [0.2, 0.25) is 0 Å². The Hall–Kier alpha value is -1.32. The molecule has 2 rings (SSSR count). The molecule has 2 unspecified atom stereocenters. The van der Waals surface area contributed by atoms with E-state index in [-0.39, 0.29) is 0 Å². The molecule has 0 saturated heterocycles. The van der Waals surface area contributed by atoms with Gasteiger partial charge in [0.15, 0.2) is 0 Å². The maximum Gasteiger partial charge on any atom is 0.134 e. The smallest absolute Gasteiger partial charge is 0.134 e. The number of hydrogen-bond donors (Lipinski definition) is 2. The predicted molar refractivity (Wildman–Crippen MR) is 90.0 cm³/mol. The van der Waals surface area contributed by atoms with Gasteiger partial charge >= 0.3 is 0 Å². The molecule has 21 heavy (non-hydrogen) atoms. The van der Waals surface area contributed by atoms with E-state index in [1.807, 2.05) is 0 Å². The third-order valence-electron chi connectivity index (χ3n) is 4.33. The van der Waals surface area contributed by atoms with Gasteiger partial charge in [0.25, 0.3) is 0 Å². The summed E-state index contributed by atoms with van der Waals surface area (Å²) >= 11 is 0. The molecule has 2 N–H and O–H groups in total. The Kier molecular flexibility index (Phi) is 5.83. The Labute approximate surface area is 129 Å². The molecule has 0 aromatic carbocycles. The number of nitrogens with zero attached hydrogens (tertiary/aromatic N) is 2. The lowest BCUT2D eigenvalue weighted by atomic mass is 9.87. The van der Waals surface area contributed by atoms with Crippen LogP contribution in [0, 0.1) is 12.8 Å². The lowest BCUT2D eigenvalue weighted by molar-refractivity contribution is 0.358. The number of aromatic nitrogens is 2. The maximum absolute atomic E-state index is 4.72.